The quantitative estimate of drug-likeness (QED) is 0.110. The van der Waals surface area contributed by atoms with Crippen LogP contribution in [0.15, 0.2) is 62.5 Å². The second kappa shape index (κ2) is 15.1. The lowest BCUT2D eigenvalue weighted by Gasteiger charge is -2.13. The fourth-order valence-electron chi connectivity index (χ4n) is 4.67. The first kappa shape index (κ1) is 32.9. The largest absolute Gasteiger partial charge is 0.506 e. The van der Waals surface area contributed by atoms with Gasteiger partial charge in [0.15, 0.2) is 0 Å². The molecule has 0 fully saturated rings. The fraction of sp³-hybridized carbons (Fsp3) is 0.448. The molecule has 9 nitrogen and oxygen atoms in total. The molecule has 0 atom stereocenters. The van der Waals surface area contributed by atoms with Crippen LogP contribution in [0.1, 0.15) is 76.7 Å². The van der Waals surface area contributed by atoms with Gasteiger partial charge in [0.2, 0.25) is 20.0 Å². The number of nitrogens with two attached hydrogens (primary N) is 1. The second-order valence-corrected chi connectivity index (χ2v) is 13.9. The van der Waals surface area contributed by atoms with Crippen LogP contribution in [-0.2, 0) is 20.0 Å². The number of phenols is 1. The number of primary sulfonamides is 1. The van der Waals surface area contributed by atoms with Crippen molar-refractivity contribution in [2.24, 2.45) is 15.4 Å². The average molecular weight is 623 g/mol. The molecule has 3 rings (SSSR count). The van der Waals surface area contributed by atoms with Crippen LogP contribution in [0.5, 0.6) is 5.75 Å². The molecule has 0 aliphatic rings. The number of unbranched alkanes of at least 4 members (excludes halogenated alkanes) is 9. The molecule has 0 aliphatic carbocycles. The summed E-state index contributed by atoms with van der Waals surface area (Å²) in [6, 6.07) is 10.4. The Hall–Kier alpha value is -2.57. The Bertz CT molecular complexity index is 1590. The van der Waals surface area contributed by atoms with Crippen molar-refractivity contribution in [3.63, 3.8) is 0 Å². The minimum Gasteiger partial charge on any atom is -0.506 e. The van der Waals surface area contributed by atoms with Crippen LogP contribution in [-0.4, -0.2) is 28.5 Å². The second-order valence-electron chi connectivity index (χ2n) is 10.2. The fourth-order valence-corrected chi connectivity index (χ4v) is 6.93. The van der Waals surface area contributed by atoms with Crippen molar-refractivity contribution in [1.29, 1.82) is 0 Å². The Labute approximate surface area is 248 Å². The van der Waals surface area contributed by atoms with Crippen molar-refractivity contribution >= 4 is 53.8 Å². The van der Waals surface area contributed by atoms with Crippen LogP contribution in [0.25, 0.3) is 10.8 Å². The first-order valence-electron chi connectivity index (χ1n) is 13.9. The summed E-state index contributed by atoms with van der Waals surface area (Å²) in [5.74, 6) is -0.374. The molecule has 0 aromatic heterocycles. The number of fused-ring (bicyclic) bond motifs is 1. The van der Waals surface area contributed by atoms with E-state index in [2.05, 4.69) is 21.9 Å². The van der Waals surface area contributed by atoms with Crippen LogP contribution >= 0.6 is 11.6 Å². The van der Waals surface area contributed by atoms with E-state index in [0.29, 0.717) is 17.2 Å². The number of azo groups is 1. The number of nitrogens with one attached hydrogen (secondary N) is 1. The van der Waals surface area contributed by atoms with Crippen molar-refractivity contribution in [3.05, 3.63) is 53.1 Å². The first-order valence-corrected chi connectivity index (χ1v) is 17.4. The molecular formula is C29H39ClN4O5S2. The highest BCUT2D eigenvalue weighted by Gasteiger charge is 2.23. The van der Waals surface area contributed by atoms with E-state index in [-0.39, 0.29) is 38.5 Å². The molecular weight excluding hydrogens is 584 g/mol. The highest BCUT2D eigenvalue weighted by Crippen LogP contribution is 2.40. The van der Waals surface area contributed by atoms with Gasteiger partial charge in [0, 0.05) is 17.3 Å². The Morgan fingerprint density at radius 1 is 0.854 bits per heavy atom. The van der Waals surface area contributed by atoms with Gasteiger partial charge in [-0.1, -0.05) is 94.5 Å². The maximum absolute atomic E-state index is 13.2. The molecule has 0 radical (unpaired) electrons. The number of sulfonamides is 2. The standard InChI is InChI=1S/C29H39ClN4O5S2/c1-3-4-5-6-7-8-9-10-11-12-18-32-41(38,39)27-20-25(28-21(2)14-13-15-23(28)29(27)35)34-33-22-16-17-24(30)26(19-22)40(31,36)37/h13-17,19-20,32,35H,3-12,18H2,1-2H3,(H2,31,36,37)/b34-33+. The van der Waals surface area contributed by atoms with Gasteiger partial charge in [-0.25, -0.2) is 26.7 Å². The number of rotatable bonds is 16. The van der Waals surface area contributed by atoms with Gasteiger partial charge < -0.3 is 5.11 Å². The number of halogens is 1. The van der Waals surface area contributed by atoms with E-state index < -0.39 is 20.0 Å². The molecule has 4 N–H and O–H groups in total. The minimum atomic E-state index is -4.09. The zero-order chi connectivity index (χ0) is 30.0. The van der Waals surface area contributed by atoms with Gasteiger partial charge in [-0.15, -0.1) is 5.11 Å². The maximum Gasteiger partial charge on any atom is 0.244 e. The number of aromatic hydroxyl groups is 1. The van der Waals surface area contributed by atoms with Gasteiger partial charge in [0.1, 0.15) is 15.5 Å². The van der Waals surface area contributed by atoms with Crippen LogP contribution in [0, 0.1) is 6.92 Å². The Morgan fingerprint density at radius 2 is 1.49 bits per heavy atom. The van der Waals surface area contributed by atoms with Crippen LogP contribution in [0.4, 0.5) is 11.4 Å². The Morgan fingerprint density at radius 3 is 2.12 bits per heavy atom. The third-order valence-corrected chi connectivity index (χ3v) is 9.76. The highest BCUT2D eigenvalue weighted by molar-refractivity contribution is 7.89. The number of benzene rings is 3. The molecule has 0 bridgehead atoms. The van der Waals surface area contributed by atoms with Gasteiger partial charge in [-0.2, -0.15) is 5.11 Å². The SMILES string of the molecule is CCCCCCCCCCCCNS(=O)(=O)c1cc(/N=N/c2ccc(Cl)c(S(N)(=O)=O)c2)c2c(C)cccc2c1O. The summed E-state index contributed by atoms with van der Waals surface area (Å²) in [4.78, 5) is -0.611. The first-order chi connectivity index (χ1) is 19.5. The molecule has 3 aromatic rings. The molecule has 0 heterocycles. The smallest absolute Gasteiger partial charge is 0.244 e. The monoisotopic (exact) mass is 622 g/mol. The lowest BCUT2D eigenvalue weighted by Crippen LogP contribution is -2.25. The normalized spacial score (nSPS) is 12.5. The topological polar surface area (TPSA) is 151 Å². The van der Waals surface area contributed by atoms with E-state index >= 15 is 0 Å². The maximum atomic E-state index is 13.2. The van der Waals surface area contributed by atoms with E-state index in [1.807, 2.05) is 0 Å². The molecule has 0 unspecified atom stereocenters. The van der Waals surface area contributed by atoms with Gasteiger partial charge >= 0.3 is 0 Å². The highest BCUT2D eigenvalue weighted by atomic mass is 35.5. The summed E-state index contributed by atoms with van der Waals surface area (Å²) in [5.41, 5.74) is 1.09. The summed E-state index contributed by atoms with van der Waals surface area (Å²) in [5, 5.41) is 25.3. The molecule has 0 amide bonds. The lowest BCUT2D eigenvalue weighted by atomic mass is 10.0. The van der Waals surface area contributed by atoms with Crippen molar-refractivity contribution in [2.75, 3.05) is 6.54 Å². The summed E-state index contributed by atoms with van der Waals surface area (Å²) >= 11 is 5.96. The van der Waals surface area contributed by atoms with E-state index in [1.165, 1.54) is 62.8 Å². The molecule has 0 saturated heterocycles. The van der Waals surface area contributed by atoms with Crippen molar-refractivity contribution in [1.82, 2.24) is 4.72 Å². The summed E-state index contributed by atoms with van der Waals surface area (Å²) in [6.45, 7) is 4.27. The summed E-state index contributed by atoms with van der Waals surface area (Å²) in [6.07, 6.45) is 11.4. The van der Waals surface area contributed by atoms with Crippen molar-refractivity contribution < 1.29 is 21.9 Å². The number of aryl methyl sites for hydroxylation is 1. The van der Waals surface area contributed by atoms with E-state index in [0.717, 1.165) is 24.8 Å². The zero-order valence-corrected chi connectivity index (χ0v) is 26.0. The van der Waals surface area contributed by atoms with E-state index in [1.54, 1.807) is 25.1 Å². The third kappa shape index (κ3) is 9.21. The molecule has 0 aliphatic heterocycles. The predicted octanol–water partition coefficient (Wildman–Crippen LogP) is 7.77. The van der Waals surface area contributed by atoms with E-state index in [4.69, 9.17) is 16.7 Å². The number of nitrogens with zero attached hydrogens (tertiary/aromatic N) is 2. The lowest BCUT2D eigenvalue weighted by molar-refractivity contribution is 0.464. The predicted molar refractivity (Wildman–Crippen MR) is 164 cm³/mol. The van der Waals surface area contributed by atoms with Gasteiger partial charge in [0.25, 0.3) is 0 Å². The Kier molecular flexibility index (Phi) is 12.1. The number of phenolic OH excluding ortho intramolecular Hbond substituents is 1. The Balaban J connectivity index is 1.77. The van der Waals surface area contributed by atoms with Gasteiger partial charge in [-0.3, -0.25) is 0 Å². The molecule has 224 valence electrons. The van der Waals surface area contributed by atoms with Crippen molar-refractivity contribution in [2.45, 2.75) is 87.8 Å². The molecule has 3 aromatic carbocycles. The molecule has 0 spiro atoms. The zero-order valence-electron chi connectivity index (χ0n) is 23.6. The van der Waals surface area contributed by atoms with Crippen molar-refractivity contribution in [3.8, 4) is 5.75 Å². The molecule has 0 saturated carbocycles. The van der Waals surface area contributed by atoms with Crippen LogP contribution in [0.2, 0.25) is 5.02 Å². The van der Waals surface area contributed by atoms with Gasteiger partial charge in [-0.05, 0) is 43.2 Å². The number of hydrogen-bond acceptors (Lipinski definition) is 7. The molecule has 12 heteroatoms. The van der Waals surface area contributed by atoms with Crippen LogP contribution in [0.3, 0.4) is 0 Å². The third-order valence-electron chi connectivity index (χ3n) is 6.89. The molecule has 41 heavy (non-hydrogen) atoms. The minimum absolute atomic E-state index is 0.0563. The summed E-state index contributed by atoms with van der Waals surface area (Å²) in [7, 11) is -8.15. The van der Waals surface area contributed by atoms with Gasteiger partial charge in [0.05, 0.1) is 16.4 Å². The average Bonchev–Trinajstić information content (AvgIpc) is 2.91. The number of hydrogen-bond donors (Lipinski definition) is 3. The van der Waals surface area contributed by atoms with Crippen LogP contribution < -0.4 is 9.86 Å². The van der Waals surface area contributed by atoms with E-state index in [9.17, 15) is 21.9 Å². The summed E-state index contributed by atoms with van der Waals surface area (Å²) < 4.78 is 52.7.